The predicted molar refractivity (Wildman–Crippen MR) is 80.6 cm³/mol. The Morgan fingerprint density at radius 3 is 2.52 bits per heavy atom. The highest BCUT2D eigenvalue weighted by atomic mass is 16.5. The molecule has 4 rings (SSSR count). The van der Waals surface area contributed by atoms with Gasteiger partial charge in [-0.15, -0.1) is 0 Å². The van der Waals surface area contributed by atoms with Crippen LogP contribution in [0.5, 0.6) is 0 Å². The van der Waals surface area contributed by atoms with Crippen LogP contribution in [0, 0.1) is 5.92 Å². The number of ether oxygens (including phenoxy) is 1. The molecule has 0 aliphatic carbocycles. The molecular weight excluding hydrogens is 262 g/mol. The first-order valence-electron chi connectivity index (χ1n) is 7.64. The number of benzene rings is 1. The summed E-state index contributed by atoms with van der Waals surface area (Å²) < 4.78 is 6.48. The van der Waals surface area contributed by atoms with Crippen LogP contribution < -0.4 is 0 Å². The van der Waals surface area contributed by atoms with Crippen molar-refractivity contribution in [1.82, 2.24) is 4.90 Å². The second kappa shape index (κ2) is 3.77. The van der Waals surface area contributed by atoms with E-state index in [0.29, 0.717) is 6.54 Å². The number of rotatable bonds is 1. The molecule has 2 bridgehead atoms. The topological polar surface area (TPSA) is 29.5 Å². The minimum atomic E-state index is -0.416. The molecule has 2 fully saturated rings. The van der Waals surface area contributed by atoms with E-state index in [1.165, 1.54) is 0 Å². The second-order valence-corrected chi connectivity index (χ2v) is 7.50. The highest BCUT2D eigenvalue weighted by Crippen LogP contribution is 2.58. The number of nitrogens with zero attached hydrogens (tertiary/aromatic N) is 1. The van der Waals surface area contributed by atoms with Crippen molar-refractivity contribution in [3.63, 3.8) is 0 Å². The van der Waals surface area contributed by atoms with Gasteiger partial charge in [0.1, 0.15) is 11.2 Å². The van der Waals surface area contributed by atoms with Crippen LogP contribution >= 0.6 is 0 Å². The van der Waals surface area contributed by atoms with Gasteiger partial charge < -0.3 is 9.64 Å². The van der Waals surface area contributed by atoms with Crippen LogP contribution in [0.4, 0.5) is 0 Å². The van der Waals surface area contributed by atoms with Crippen LogP contribution in [-0.4, -0.2) is 28.5 Å². The standard InChI is InChI=1S/C18H21NO2/c1-16(2,3)19-12-18-10-9-17(21-18,11-14(18)15(19)20)13-7-5-4-6-8-13/h4-10,14H,11-12H2,1-3H3. The largest absolute Gasteiger partial charge is 0.353 e. The number of carbonyl (C=O) groups excluding carboxylic acids is 1. The summed E-state index contributed by atoms with van der Waals surface area (Å²) in [6.45, 7) is 6.94. The molecule has 1 spiro atoms. The molecule has 3 heteroatoms. The zero-order valence-electron chi connectivity index (χ0n) is 12.8. The van der Waals surface area contributed by atoms with E-state index in [-0.39, 0.29) is 17.4 Å². The van der Waals surface area contributed by atoms with Gasteiger partial charge in [0.05, 0.1) is 12.5 Å². The summed E-state index contributed by atoms with van der Waals surface area (Å²) in [7, 11) is 0. The van der Waals surface area contributed by atoms with Crippen LogP contribution in [0.25, 0.3) is 0 Å². The highest BCUT2D eigenvalue weighted by Gasteiger charge is 2.66. The molecule has 3 heterocycles. The van der Waals surface area contributed by atoms with Gasteiger partial charge in [-0.2, -0.15) is 0 Å². The maximum Gasteiger partial charge on any atom is 0.229 e. The molecule has 0 N–H and O–H groups in total. The molecule has 0 aromatic heterocycles. The lowest BCUT2D eigenvalue weighted by molar-refractivity contribution is -0.135. The summed E-state index contributed by atoms with van der Waals surface area (Å²) in [6.07, 6.45) is 5.06. The third kappa shape index (κ3) is 1.61. The normalized spacial score (nSPS) is 37.4. The molecule has 3 aliphatic heterocycles. The maximum atomic E-state index is 12.8. The number of likely N-dealkylation sites (tertiary alicyclic amines) is 1. The Kier molecular flexibility index (Phi) is 2.35. The summed E-state index contributed by atoms with van der Waals surface area (Å²) in [5, 5.41) is 0. The minimum Gasteiger partial charge on any atom is -0.353 e. The summed E-state index contributed by atoms with van der Waals surface area (Å²) in [6, 6.07) is 10.3. The van der Waals surface area contributed by atoms with Crippen molar-refractivity contribution in [3.8, 4) is 0 Å². The van der Waals surface area contributed by atoms with E-state index in [9.17, 15) is 4.79 Å². The average Bonchev–Trinajstić information content (AvgIpc) is 3.07. The number of amides is 1. The Labute approximate surface area is 125 Å². The van der Waals surface area contributed by atoms with Gasteiger partial charge in [-0.3, -0.25) is 4.79 Å². The smallest absolute Gasteiger partial charge is 0.229 e. The van der Waals surface area contributed by atoms with Gasteiger partial charge in [0.2, 0.25) is 5.91 Å². The quantitative estimate of drug-likeness (QED) is 0.742. The Morgan fingerprint density at radius 1 is 1.19 bits per heavy atom. The first-order valence-corrected chi connectivity index (χ1v) is 7.64. The van der Waals surface area contributed by atoms with Crippen molar-refractivity contribution in [2.45, 2.75) is 43.9 Å². The molecule has 3 atom stereocenters. The molecule has 1 aromatic carbocycles. The van der Waals surface area contributed by atoms with Crippen molar-refractivity contribution < 1.29 is 9.53 Å². The first kappa shape index (κ1) is 13.1. The fraction of sp³-hybridized carbons (Fsp3) is 0.500. The fourth-order valence-electron chi connectivity index (χ4n) is 4.02. The zero-order valence-corrected chi connectivity index (χ0v) is 12.8. The Bertz CT molecular complexity index is 630. The summed E-state index contributed by atoms with van der Waals surface area (Å²) in [4.78, 5) is 14.8. The summed E-state index contributed by atoms with van der Waals surface area (Å²) in [5.74, 6) is 0.201. The molecule has 2 saturated heterocycles. The third-order valence-corrected chi connectivity index (χ3v) is 5.15. The molecule has 0 saturated carbocycles. The molecular formula is C18H21NO2. The van der Waals surface area contributed by atoms with Crippen LogP contribution in [0.2, 0.25) is 0 Å². The molecule has 110 valence electrons. The van der Waals surface area contributed by atoms with Crippen molar-refractivity contribution in [3.05, 3.63) is 48.0 Å². The van der Waals surface area contributed by atoms with Gasteiger partial charge in [-0.1, -0.05) is 36.4 Å². The van der Waals surface area contributed by atoms with Gasteiger partial charge in [-0.05, 0) is 38.8 Å². The Hall–Kier alpha value is -1.61. The average molecular weight is 283 g/mol. The van der Waals surface area contributed by atoms with Crippen LogP contribution in [0.15, 0.2) is 42.5 Å². The maximum absolute atomic E-state index is 12.8. The van der Waals surface area contributed by atoms with Gasteiger partial charge in [0, 0.05) is 5.54 Å². The van der Waals surface area contributed by atoms with Gasteiger partial charge >= 0.3 is 0 Å². The SMILES string of the molecule is CC(C)(C)N1CC23C=CC(c4ccccc4)(CC2C1=O)O3. The molecule has 21 heavy (non-hydrogen) atoms. The number of carbonyl (C=O) groups is 1. The van der Waals surface area contributed by atoms with Crippen LogP contribution in [0.1, 0.15) is 32.8 Å². The lowest BCUT2D eigenvalue weighted by Gasteiger charge is -2.34. The fourth-order valence-corrected chi connectivity index (χ4v) is 4.02. The molecule has 1 aromatic rings. The van der Waals surface area contributed by atoms with E-state index >= 15 is 0 Å². The lowest BCUT2D eigenvalue weighted by atomic mass is 9.78. The number of hydrogen-bond acceptors (Lipinski definition) is 2. The summed E-state index contributed by atoms with van der Waals surface area (Å²) >= 11 is 0. The number of fused-ring (bicyclic) bond motifs is 1. The Balaban J connectivity index is 1.71. The van der Waals surface area contributed by atoms with Crippen molar-refractivity contribution in [2.24, 2.45) is 5.92 Å². The number of hydrogen-bond donors (Lipinski definition) is 0. The Morgan fingerprint density at radius 2 is 1.90 bits per heavy atom. The van der Waals surface area contributed by atoms with Gasteiger partial charge in [0.25, 0.3) is 0 Å². The molecule has 0 radical (unpaired) electrons. The van der Waals surface area contributed by atoms with Gasteiger partial charge in [0.15, 0.2) is 0 Å². The second-order valence-electron chi connectivity index (χ2n) is 7.50. The van der Waals surface area contributed by atoms with Crippen LogP contribution in [-0.2, 0) is 15.1 Å². The van der Waals surface area contributed by atoms with E-state index in [4.69, 9.17) is 4.74 Å². The zero-order chi connectivity index (χ0) is 14.9. The van der Waals surface area contributed by atoms with Crippen LogP contribution in [0.3, 0.4) is 0 Å². The monoisotopic (exact) mass is 283 g/mol. The van der Waals surface area contributed by atoms with Crippen molar-refractivity contribution in [1.29, 1.82) is 0 Å². The lowest BCUT2D eigenvalue weighted by Crippen LogP contribution is -2.45. The van der Waals surface area contributed by atoms with E-state index < -0.39 is 11.2 Å². The summed E-state index contributed by atoms with van der Waals surface area (Å²) in [5.41, 5.74) is 0.194. The molecule has 3 nitrogen and oxygen atoms in total. The van der Waals surface area contributed by atoms with Gasteiger partial charge in [-0.25, -0.2) is 0 Å². The molecule has 3 unspecified atom stereocenters. The molecule has 3 aliphatic rings. The first-order chi connectivity index (χ1) is 9.86. The van der Waals surface area contributed by atoms with E-state index in [0.717, 1.165) is 12.0 Å². The van der Waals surface area contributed by atoms with Crippen molar-refractivity contribution >= 4 is 5.91 Å². The highest BCUT2D eigenvalue weighted by molar-refractivity contribution is 5.85. The van der Waals surface area contributed by atoms with E-state index in [2.05, 4.69) is 45.1 Å². The molecule has 1 amide bonds. The minimum absolute atomic E-state index is 0.0399. The van der Waals surface area contributed by atoms with E-state index in [1.54, 1.807) is 0 Å². The van der Waals surface area contributed by atoms with Crippen molar-refractivity contribution in [2.75, 3.05) is 6.54 Å². The van der Waals surface area contributed by atoms with E-state index in [1.807, 2.05) is 23.1 Å². The predicted octanol–water partition coefficient (Wildman–Crippen LogP) is 2.87. The third-order valence-electron chi connectivity index (χ3n) is 5.15.